The lowest BCUT2D eigenvalue weighted by molar-refractivity contribution is 0.263. The van der Waals surface area contributed by atoms with Crippen molar-refractivity contribution in [1.82, 2.24) is 0 Å². The molecule has 0 fully saturated rings. The Labute approximate surface area is 102 Å². The fourth-order valence-electron chi connectivity index (χ4n) is 1.46. The molecule has 1 aromatic rings. The first kappa shape index (κ1) is 13.4. The van der Waals surface area contributed by atoms with E-state index in [0.29, 0.717) is 0 Å². The third kappa shape index (κ3) is 4.45. The largest absolute Gasteiger partial charge is 0.493 e. The molecule has 1 N–H and O–H groups in total. The van der Waals surface area contributed by atoms with Gasteiger partial charge in [0.2, 0.25) is 0 Å². The number of thioether (sulfide) groups is 1. The maximum absolute atomic E-state index is 9.20. The summed E-state index contributed by atoms with van der Waals surface area (Å²) in [4.78, 5) is 0. The van der Waals surface area contributed by atoms with Crippen molar-refractivity contribution < 1.29 is 9.84 Å². The molecule has 0 bridgehead atoms. The number of hydrogen-bond acceptors (Lipinski definition) is 3. The highest BCUT2D eigenvalue weighted by Crippen LogP contribution is 2.20. The lowest BCUT2D eigenvalue weighted by atomic mass is 10.1. The fraction of sp³-hybridized carbons (Fsp3) is 0.538. The second kappa shape index (κ2) is 7.58. The molecule has 0 atom stereocenters. The van der Waals surface area contributed by atoms with Gasteiger partial charge < -0.3 is 9.84 Å². The van der Waals surface area contributed by atoms with Gasteiger partial charge in [0, 0.05) is 5.56 Å². The third-order valence-corrected chi connectivity index (χ3v) is 3.27. The van der Waals surface area contributed by atoms with E-state index in [4.69, 9.17) is 4.74 Å². The summed E-state index contributed by atoms with van der Waals surface area (Å²) >= 11 is 1.93. The van der Waals surface area contributed by atoms with E-state index in [2.05, 4.69) is 6.92 Å². The molecule has 0 saturated heterocycles. The van der Waals surface area contributed by atoms with Gasteiger partial charge in [0.25, 0.3) is 0 Å². The Morgan fingerprint density at radius 3 is 2.88 bits per heavy atom. The van der Waals surface area contributed by atoms with Gasteiger partial charge in [0.15, 0.2) is 0 Å². The second-order valence-corrected chi connectivity index (χ2v) is 5.06. The van der Waals surface area contributed by atoms with E-state index in [1.165, 1.54) is 0 Å². The molecule has 3 heteroatoms. The standard InChI is InChI=1S/C13H20O2S/c1-3-16-8-4-7-15-13-6-5-11(2)9-12(13)10-14/h5-6,9,14H,3-4,7-8,10H2,1-2H3. The van der Waals surface area contributed by atoms with E-state index < -0.39 is 0 Å². The summed E-state index contributed by atoms with van der Waals surface area (Å²) in [6.07, 6.45) is 1.05. The SMILES string of the molecule is CCSCCCOc1ccc(C)cc1CO. The highest BCUT2D eigenvalue weighted by molar-refractivity contribution is 7.99. The van der Waals surface area contributed by atoms with Crippen molar-refractivity contribution in [3.63, 3.8) is 0 Å². The maximum Gasteiger partial charge on any atom is 0.124 e. The van der Waals surface area contributed by atoms with Crippen molar-refractivity contribution in [3.05, 3.63) is 29.3 Å². The molecular weight excluding hydrogens is 220 g/mol. The van der Waals surface area contributed by atoms with Crippen molar-refractivity contribution in [3.8, 4) is 5.75 Å². The summed E-state index contributed by atoms with van der Waals surface area (Å²) in [5.74, 6) is 3.11. The van der Waals surface area contributed by atoms with Crippen LogP contribution >= 0.6 is 11.8 Å². The summed E-state index contributed by atoms with van der Waals surface area (Å²) in [6.45, 7) is 4.94. The van der Waals surface area contributed by atoms with E-state index >= 15 is 0 Å². The van der Waals surface area contributed by atoms with Gasteiger partial charge >= 0.3 is 0 Å². The van der Waals surface area contributed by atoms with Crippen LogP contribution in [0.1, 0.15) is 24.5 Å². The first-order valence-electron chi connectivity index (χ1n) is 5.69. The molecule has 1 aromatic carbocycles. The average Bonchev–Trinajstić information content (AvgIpc) is 2.30. The molecule has 0 radical (unpaired) electrons. The van der Waals surface area contributed by atoms with Crippen LogP contribution in [0.4, 0.5) is 0 Å². The van der Waals surface area contributed by atoms with Crippen LogP contribution in [-0.2, 0) is 6.61 Å². The summed E-state index contributed by atoms with van der Waals surface area (Å²) in [5.41, 5.74) is 2.03. The fourth-order valence-corrected chi connectivity index (χ4v) is 2.07. The Kier molecular flexibility index (Phi) is 6.34. The van der Waals surface area contributed by atoms with Gasteiger partial charge in [-0.2, -0.15) is 11.8 Å². The van der Waals surface area contributed by atoms with Crippen molar-refractivity contribution in [1.29, 1.82) is 0 Å². The first-order chi connectivity index (χ1) is 7.77. The van der Waals surface area contributed by atoms with Crippen LogP contribution in [0.25, 0.3) is 0 Å². The Bertz CT molecular complexity index is 313. The number of ether oxygens (including phenoxy) is 1. The molecule has 0 aliphatic carbocycles. The van der Waals surface area contributed by atoms with E-state index in [1.807, 2.05) is 36.9 Å². The molecular formula is C13H20O2S. The van der Waals surface area contributed by atoms with Crippen molar-refractivity contribution in [2.24, 2.45) is 0 Å². The number of aliphatic hydroxyl groups is 1. The van der Waals surface area contributed by atoms with Crippen LogP contribution in [0, 0.1) is 6.92 Å². The molecule has 0 spiro atoms. The maximum atomic E-state index is 9.20. The van der Waals surface area contributed by atoms with E-state index in [0.717, 1.165) is 41.4 Å². The van der Waals surface area contributed by atoms with Crippen LogP contribution in [0.2, 0.25) is 0 Å². The second-order valence-electron chi connectivity index (χ2n) is 3.67. The van der Waals surface area contributed by atoms with Gasteiger partial charge in [-0.15, -0.1) is 0 Å². The highest BCUT2D eigenvalue weighted by atomic mass is 32.2. The van der Waals surface area contributed by atoms with Crippen LogP contribution < -0.4 is 4.74 Å². The van der Waals surface area contributed by atoms with Gasteiger partial charge in [-0.3, -0.25) is 0 Å². The predicted molar refractivity (Wildman–Crippen MR) is 70.2 cm³/mol. The molecule has 0 aliphatic heterocycles. The smallest absolute Gasteiger partial charge is 0.124 e. The number of benzene rings is 1. The Morgan fingerprint density at radius 2 is 2.19 bits per heavy atom. The molecule has 90 valence electrons. The van der Waals surface area contributed by atoms with Gasteiger partial charge in [0.05, 0.1) is 13.2 Å². The van der Waals surface area contributed by atoms with Crippen LogP contribution in [0.5, 0.6) is 5.75 Å². The van der Waals surface area contributed by atoms with Crippen molar-refractivity contribution in [2.45, 2.75) is 26.9 Å². The van der Waals surface area contributed by atoms with E-state index in [1.54, 1.807) is 0 Å². The lowest BCUT2D eigenvalue weighted by Gasteiger charge is -2.10. The summed E-state index contributed by atoms with van der Waals surface area (Å²) in [5, 5.41) is 9.20. The Balaban J connectivity index is 2.41. The molecule has 0 saturated carbocycles. The minimum absolute atomic E-state index is 0.0424. The van der Waals surface area contributed by atoms with Gasteiger partial charge in [-0.1, -0.05) is 24.6 Å². The Hall–Kier alpha value is -0.670. The quantitative estimate of drug-likeness (QED) is 0.743. The zero-order valence-electron chi connectivity index (χ0n) is 10.0. The monoisotopic (exact) mass is 240 g/mol. The summed E-state index contributed by atoms with van der Waals surface area (Å²) in [7, 11) is 0. The Morgan fingerprint density at radius 1 is 1.38 bits per heavy atom. The number of aliphatic hydroxyl groups excluding tert-OH is 1. The summed E-state index contributed by atoms with van der Waals surface area (Å²) < 4.78 is 5.66. The molecule has 0 unspecified atom stereocenters. The van der Waals surface area contributed by atoms with Gasteiger partial charge in [0.1, 0.15) is 5.75 Å². The highest BCUT2D eigenvalue weighted by Gasteiger charge is 2.02. The van der Waals surface area contributed by atoms with E-state index in [-0.39, 0.29) is 6.61 Å². The summed E-state index contributed by atoms with van der Waals surface area (Å²) in [6, 6.07) is 5.92. The normalized spacial score (nSPS) is 10.4. The topological polar surface area (TPSA) is 29.5 Å². The van der Waals surface area contributed by atoms with Gasteiger partial charge in [-0.05, 0) is 30.9 Å². The van der Waals surface area contributed by atoms with Crippen LogP contribution in [0.15, 0.2) is 18.2 Å². The number of hydrogen-bond donors (Lipinski definition) is 1. The number of rotatable bonds is 7. The molecule has 0 aromatic heterocycles. The van der Waals surface area contributed by atoms with Crippen molar-refractivity contribution in [2.75, 3.05) is 18.1 Å². The predicted octanol–water partition coefficient (Wildman–Crippen LogP) is 3.01. The lowest BCUT2D eigenvalue weighted by Crippen LogP contribution is -2.01. The zero-order valence-corrected chi connectivity index (χ0v) is 10.8. The molecule has 16 heavy (non-hydrogen) atoms. The van der Waals surface area contributed by atoms with Crippen LogP contribution in [-0.4, -0.2) is 23.2 Å². The van der Waals surface area contributed by atoms with Crippen LogP contribution in [0.3, 0.4) is 0 Å². The first-order valence-corrected chi connectivity index (χ1v) is 6.84. The molecule has 0 heterocycles. The molecule has 2 nitrogen and oxygen atoms in total. The minimum atomic E-state index is 0.0424. The number of aryl methyl sites for hydroxylation is 1. The van der Waals surface area contributed by atoms with Crippen molar-refractivity contribution >= 4 is 11.8 Å². The minimum Gasteiger partial charge on any atom is -0.493 e. The zero-order chi connectivity index (χ0) is 11.8. The molecule has 1 rings (SSSR count). The third-order valence-electron chi connectivity index (χ3n) is 2.28. The van der Waals surface area contributed by atoms with E-state index in [9.17, 15) is 5.11 Å². The molecule has 0 amide bonds. The van der Waals surface area contributed by atoms with Gasteiger partial charge in [-0.25, -0.2) is 0 Å². The average molecular weight is 240 g/mol. The molecule has 0 aliphatic rings.